The maximum atomic E-state index is 12.8. The highest BCUT2D eigenvalue weighted by Gasteiger charge is 2.12. The summed E-state index contributed by atoms with van der Waals surface area (Å²) < 4.78 is 0. The SMILES string of the molecule is O=C(Nc1cccc2cccnc12)c1ccnc(Nc2cccc3cccnc23)n1. The fourth-order valence-electron chi connectivity index (χ4n) is 3.26. The predicted octanol–water partition coefficient (Wildman–Crippen LogP) is 4.57. The van der Waals surface area contributed by atoms with Gasteiger partial charge in [0.2, 0.25) is 5.95 Å². The highest BCUT2D eigenvalue weighted by molar-refractivity contribution is 6.07. The number of nitrogens with zero attached hydrogens (tertiary/aromatic N) is 4. The zero-order valence-corrected chi connectivity index (χ0v) is 15.8. The number of para-hydroxylation sites is 2. The molecule has 0 atom stereocenters. The molecule has 3 aromatic heterocycles. The first-order valence-electron chi connectivity index (χ1n) is 9.37. The lowest BCUT2D eigenvalue weighted by Gasteiger charge is -2.10. The molecule has 0 fully saturated rings. The molecule has 3 heterocycles. The molecule has 2 N–H and O–H groups in total. The highest BCUT2D eigenvalue weighted by atomic mass is 16.1. The third kappa shape index (κ3) is 3.40. The van der Waals surface area contributed by atoms with E-state index in [-0.39, 0.29) is 11.6 Å². The molecule has 0 aliphatic rings. The number of aromatic nitrogens is 4. The molecule has 0 saturated heterocycles. The summed E-state index contributed by atoms with van der Waals surface area (Å²) in [5, 5.41) is 8.00. The lowest BCUT2D eigenvalue weighted by Crippen LogP contribution is -2.15. The van der Waals surface area contributed by atoms with E-state index in [0.29, 0.717) is 11.6 Å². The number of hydrogen-bond acceptors (Lipinski definition) is 6. The summed E-state index contributed by atoms with van der Waals surface area (Å²) in [6, 6.07) is 20.7. The monoisotopic (exact) mass is 392 g/mol. The van der Waals surface area contributed by atoms with E-state index < -0.39 is 0 Å². The maximum absolute atomic E-state index is 12.8. The third-order valence-electron chi connectivity index (χ3n) is 4.65. The van der Waals surface area contributed by atoms with Crippen molar-refractivity contribution in [3.05, 3.63) is 91.0 Å². The standard InChI is InChI=1S/C23H16N6O/c30-22(27-17-9-1-5-15-7-3-12-24-20(15)17)19-11-14-26-23(29-19)28-18-10-2-6-16-8-4-13-25-21(16)18/h1-14H,(H,27,30)(H,26,28,29). The van der Waals surface area contributed by atoms with E-state index in [1.165, 1.54) is 0 Å². The van der Waals surface area contributed by atoms with Crippen LogP contribution in [0.5, 0.6) is 0 Å². The highest BCUT2D eigenvalue weighted by Crippen LogP contribution is 2.24. The van der Waals surface area contributed by atoms with Gasteiger partial charge in [0.15, 0.2) is 0 Å². The molecule has 0 saturated carbocycles. The molecule has 0 spiro atoms. The summed E-state index contributed by atoms with van der Waals surface area (Å²) in [5.74, 6) is -0.0218. The van der Waals surface area contributed by atoms with Gasteiger partial charge in [-0.3, -0.25) is 14.8 Å². The molecule has 0 unspecified atom stereocenters. The van der Waals surface area contributed by atoms with E-state index in [1.54, 1.807) is 24.7 Å². The number of rotatable bonds is 4. The van der Waals surface area contributed by atoms with Crippen molar-refractivity contribution in [2.24, 2.45) is 0 Å². The number of anilines is 3. The Bertz CT molecular complexity index is 1370. The van der Waals surface area contributed by atoms with Gasteiger partial charge in [-0.25, -0.2) is 9.97 Å². The van der Waals surface area contributed by atoms with Crippen molar-refractivity contribution in [2.75, 3.05) is 10.6 Å². The van der Waals surface area contributed by atoms with Crippen molar-refractivity contribution < 1.29 is 4.79 Å². The molecule has 2 aromatic carbocycles. The second-order valence-corrected chi connectivity index (χ2v) is 6.61. The summed E-state index contributed by atoms with van der Waals surface area (Å²) in [7, 11) is 0. The quantitative estimate of drug-likeness (QED) is 0.465. The van der Waals surface area contributed by atoms with Crippen LogP contribution in [0.25, 0.3) is 21.8 Å². The number of nitrogens with one attached hydrogen (secondary N) is 2. The van der Waals surface area contributed by atoms with Gasteiger partial charge < -0.3 is 10.6 Å². The molecule has 0 bridgehead atoms. The smallest absolute Gasteiger partial charge is 0.274 e. The van der Waals surface area contributed by atoms with Crippen LogP contribution in [0.15, 0.2) is 85.3 Å². The zero-order chi connectivity index (χ0) is 20.3. The van der Waals surface area contributed by atoms with Crippen molar-refractivity contribution in [1.82, 2.24) is 19.9 Å². The Morgan fingerprint density at radius 2 is 1.30 bits per heavy atom. The van der Waals surface area contributed by atoms with Crippen molar-refractivity contribution >= 4 is 45.0 Å². The minimum Gasteiger partial charge on any atom is -0.322 e. The average molecular weight is 392 g/mol. The number of amides is 1. The number of pyridine rings is 2. The van der Waals surface area contributed by atoms with E-state index in [9.17, 15) is 4.79 Å². The van der Waals surface area contributed by atoms with Crippen molar-refractivity contribution in [1.29, 1.82) is 0 Å². The Labute approximate surface area is 171 Å². The molecule has 5 rings (SSSR count). The Morgan fingerprint density at radius 1 is 0.667 bits per heavy atom. The molecule has 0 radical (unpaired) electrons. The minimum absolute atomic E-state index is 0.244. The molecule has 5 aromatic rings. The van der Waals surface area contributed by atoms with Gasteiger partial charge in [0.1, 0.15) is 5.69 Å². The molecule has 144 valence electrons. The topological polar surface area (TPSA) is 92.7 Å². The minimum atomic E-state index is -0.338. The van der Waals surface area contributed by atoms with Crippen LogP contribution in [0.2, 0.25) is 0 Å². The normalized spacial score (nSPS) is 10.8. The maximum Gasteiger partial charge on any atom is 0.274 e. The summed E-state index contributed by atoms with van der Waals surface area (Å²) >= 11 is 0. The van der Waals surface area contributed by atoms with Gasteiger partial charge in [0.05, 0.1) is 22.4 Å². The molecule has 0 aliphatic carbocycles. The molecular weight excluding hydrogens is 376 g/mol. The fraction of sp³-hybridized carbons (Fsp3) is 0. The second-order valence-electron chi connectivity index (χ2n) is 6.61. The third-order valence-corrected chi connectivity index (χ3v) is 4.65. The molecule has 0 aliphatic heterocycles. The Balaban J connectivity index is 1.42. The Morgan fingerprint density at radius 3 is 2.03 bits per heavy atom. The average Bonchev–Trinajstić information content (AvgIpc) is 2.80. The second kappa shape index (κ2) is 7.56. The van der Waals surface area contributed by atoms with E-state index in [4.69, 9.17) is 0 Å². The van der Waals surface area contributed by atoms with Crippen LogP contribution in [0.1, 0.15) is 10.5 Å². The largest absolute Gasteiger partial charge is 0.322 e. The molecule has 1 amide bonds. The van der Waals surface area contributed by atoms with Gasteiger partial charge in [-0.2, -0.15) is 0 Å². The van der Waals surface area contributed by atoms with Gasteiger partial charge >= 0.3 is 0 Å². The van der Waals surface area contributed by atoms with Crippen molar-refractivity contribution in [2.45, 2.75) is 0 Å². The molecule has 7 heteroatoms. The first-order valence-corrected chi connectivity index (χ1v) is 9.37. The van der Waals surface area contributed by atoms with E-state index in [2.05, 4.69) is 30.6 Å². The van der Waals surface area contributed by atoms with Gasteiger partial charge in [0, 0.05) is 29.4 Å². The van der Waals surface area contributed by atoms with Crippen molar-refractivity contribution in [3.8, 4) is 0 Å². The van der Waals surface area contributed by atoms with Crippen LogP contribution >= 0.6 is 0 Å². The molecule has 30 heavy (non-hydrogen) atoms. The molecule has 7 nitrogen and oxygen atoms in total. The van der Waals surface area contributed by atoms with Crippen LogP contribution < -0.4 is 10.6 Å². The van der Waals surface area contributed by atoms with Gasteiger partial charge in [0.25, 0.3) is 5.91 Å². The van der Waals surface area contributed by atoms with E-state index in [1.807, 2.05) is 60.7 Å². The Hall–Kier alpha value is -4.39. The van der Waals surface area contributed by atoms with Crippen LogP contribution in [0, 0.1) is 0 Å². The summed E-state index contributed by atoms with van der Waals surface area (Å²) in [5.41, 5.74) is 3.17. The van der Waals surface area contributed by atoms with E-state index in [0.717, 1.165) is 27.5 Å². The number of benzene rings is 2. The lowest BCUT2D eigenvalue weighted by molar-refractivity contribution is 0.102. The first-order chi connectivity index (χ1) is 14.8. The summed E-state index contributed by atoms with van der Waals surface area (Å²) in [6.07, 6.45) is 4.98. The van der Waals surface area contributed by atoms with Gasteiger partial charge in [-0.15, -0.1) is 0 Å². The number of carbonyl (C=O) groups is 1. The van der Waals surface area contributed by atoms with Crippen molar-refractivity contribution in [3.63, 3.8) is 0 Å². The first kappa shape index (κ1) is 17.7. The molecular formula is C23H16N6O. The van der Waals surface area contributed by atoms with Gasteiger partial charge in [-0.05, 0) is 30.3 Å². The zero-order valence-electron chi connectivity index (χ0n) is 15.8. The summed E-state index contributed by atoms with van der Waals surface area (Å²) in [4.78, 5) is 30.2. The van der Waals surface area contributed by atoms with Crippen LogP contribution in [0.4, 0.5) is 17.3 Å². The lowest BCUT2D eigenvalue weighted by atomic mass is 10.2. The number of fused-ring (bicyclic) bond motifs is 2. The van der Waals surface area contributed by atoms with Gasteiger partial charge in [-0.1, -0.05) is 36.4 Å². The Kier molecular flexibility index (Phi) is 4.46. The fourth-order valence-corrected chi connectivity index (χ4v) is 3.26. The van der Waals surface area contributed by atoms with Crippen LogP contribution in [-0.4, -0.2) is 25.8 Å². The summed E-state index contributed by atoms with van der Waals surface area (Å²) in [6.45, 7) is 0. The number of carbonyl (C=O) groups excluding carboxylic acids is 1. The number of hydrogen-bond donors (Lipinski definition) is 2. The van der Waals surface area contributed by atoms with Crippen LogP contribution in [-0.2, 0) is 0 Å². The van der Waals surface area contributed by atoms with Crippen LogP contribution in [0.3, 0.4) is 0 Å². The predicted molar refractivity (Wildman–Crippen MR) is 117 cm³/mol. The van der Waals surface area contributed by atoms with E-state index >= 15 is 0 Å².